The van der Waals surface area contributed by atoms with Crippen molar-refractivity contribution >= 4 is 28.4 Å². The van der Waals surface area contributed by atoms with Gasteiger partial charge in [0, 0.05) is 24.2 Å². The van der Waals surface area contributed by atoms with Crippen molar-refractivity contribution in [1.82, 2.24) is 9.55 Å². The molecule has 1 unspecified atom stereocenters. The smallest absolute Gasteiger partial charge is 0.325 e. The molecule has 0 aliphatic heterocycles. The second kappa shape index (κ2) is 8.35. The Morgan fingerprint density at radius 1 is 1.48 bits per heavy atom. The number of anilines is 1. The number of nitro benzene ring substituents is 1. The molecule has 11 heteroatoms. The molecule has 0 fully saturated rings. The summed E-state index contributed by atoms with van der Waals surface area (Å²) in [5, 5.41) is 14.0. The van der Waals surface area contributed by atoms with E-state index in [0.29, 0.717) is 5.69 Å². The maximum absolute atomic E-state index is 11.5. The Kier molecular flexibility index (Phi) is 6.19. The van der Waals surface area contributed by atoms with Crippen molar-refractivity contribution in [3.8, 4) is 5.69 Å². The van der Waals surface area contributed by atoms with E-state index in [1.165, 1.54) is 29.2 Å². The van der Waals surface area contributed by atoms with Crippen LogP contribution in [0, 0.1) is 10.1 Å². The molecule has 1 aromatic heterocycles. The van der Waals surface area contributed by atoms with E-state index in [0.717, 1.165) is 0 Å². The van der Waals surface area contributed by atoms with Crippen molar-refractivity contribution in [3.05, 3.63) is 46.5 Å². The summed E-state index contributed by atoms with van der Waals surface area (Å²) >= 11 is -2.43. The van der Waals surface area contributed by atoms with Gasteiger partial charge >= 0.3 is 5.97 Å². The predicted octanol–water partition coefficient (Wildman–Crippen LogP) is 1.13. The zero-order valence-corrected chi connectivity index (χ0v) is 14.0. The van der Waals surface area contributed by atoms with Crippen LogP contribution in [0.2, 0.25) is 0 Å². The molecule has 1 heterocycles. The number of benzene rings is 1. The van der Waals surface area contributed by atoms with Gasteiger partial charge in [0.05, 0.1) is 23.5 Å². The Bertz CT molecular complexity index is 793. The number of carbonyl (C=O) groups is 1. The average molecular weight is 367 g/mol. The molecule has 1 atom stereocenters. The molecule has 0 saturated carbocycles. The highest BCUT2D eigenvalue weighted by Crippen LogP contribution is 2.31. The molecule has 0 amide bonds. The van der Waals surface area contributed by atoms with Crippen molar-refractivity contribution in [2.45, 2.75) is 12.7 Å². The van der Waals surface area contributed by atoms with Crippen LogP contribution in [0.25, 0.3) is 5.69 Å². The number of nitro groups is 1. The molecule has 1 aromatic carbocycles. The van der Waals surface area contributed by atoms with Crippen molar-refractivity contribution in [1.29, 1.82) is 0 Å². The number of aromatic nitrogens is 2. The van der Waals surface area contributed by atoms with Crippen LogP contribution in [0.3, 0.4) is 0 Å². The second-order valence-electron chi connectivity index (χ2n) is 4.83. The van der Waals surface area contributed by atoms with Gasteiger partial charge in [-0.15, -0.1) is 0 Å². The molecule has 0 aliphatic rings. The monoisotopic (exact) mass is 367 g/mol. The van der Waals surface area contributed by atoms with E-state index in [9.17, 15) is 23.7 Å². The number of nitrogens with one attached hydrogen (secondary N) is 1. The molecule has 0 radical (unpaired) electrons. The van der Waals surface area contributed by atoms with Gasteiger partial charge in [-0.2, -0.15) is 0 Å². The maximum Gasteiger partial charge on any atom is 0.325 e. The van der Waals surface area contributed by atoms with Crippen molar-refractivity contribution in [2.75, 3.05) is 18.5 Å². The molecule has 134 valence electrons. The van der Waals surface area contributed by atoms with Crippen LogP contribution in [0.15, 0.2) is 30.9 Å². The number of ether oxygens (including phenoxy) is 1. The van der Waals surface area contributed by atoms with Crippen molar-refractivity contribution < 1.29 is 23.2 Å². The van der Waals surface area contributed by atoms with Gasteiger partial charge in [-0.1, -0.05) is 11.1 Å². The predicted molar refractivity (Wildman–Crippen MR) is 88.0 cm³/mol. The van der Waals surface area contributed by atoms with Crippen LogP contribution in [0.4, 0.5) is 11.4 Å². The van der Waals surface area contributed by atoms with Crippen LogP contribution in [-0.4, -0.2) is 42.4 Å². The molecule has 0 spiro atoms. The van der Waals surface area contributed by atoms with Crippen LogP contribution in [0.1, 0.15) is 12.5 Å². The molecular formula is C14H15N4O6S-. The maximum atomic E-state index is 11.5. The van der Waals surface area contributed by atoms with Crippen LogP contribution in [-0.2, 0) is 26.4 Å². The molecule has 0 bridgehead atoms. The fraction of sp³-hybridized carbons (Fsp3) is 0.286. The van der Waals surface area contributed by atoms with E-state index < -0.39 is 27.7 Å². The highest BCUT2D eigenvalue weighted by molar-refractivity contribution is 7.78. The van der Waals surface area contributed by atoms with E-state index in [4.69, 9.17) is 4.74 Å². The van der Waals surface area contributed by atoms with Crippen LogP contribution in [0.5, 0.6) is 0 Å². The Hall–Kier alpha value is -2.79. The molecule has 10 nitrogen and oxygen atoms in total. The Morgan fingerprint density at radius 2 is 2.24 bits per heavy atom. The number of carbonyl (C=O) groups excluding carboxylic acids is 1. The lowest BCUT2D eigenvalue weighted by atomic mass is 10.1. The normalized spacial score (nSPS) is 11.8. The highest BCUT2D eigenvalue weighted by atomic mass is 32.2. The van der Waals surface area contributed by atoms with Crippen LogP contribution < -0.4 is 5.32 Å². The Balaban J connectivity index is 2.46. The molecule has 2 aromatic rings. The van der Waals surface area contributed by atoms with Gasteiger partial charge in [0.15, 0.2) is 0 Å². The van der Waals surface area contributed by atoms with Crippen molar-refractivity contribution in [2.24, 2.45) is 0 Å². The quantitative estimate of drug-likeness (QED) is 0.317. The molecular weight excluding hydrogens is 352 g/mol. The first-order chi connectivity index (χ1) is 11.9. The van der Waals surface area contributed by atoms with Crippen LogP contribution >= 0.6 is 0 Å². The summed E-state index contributed by atoms with van der Waals surface area (Å²) in [6.07, 6.45) is 4.51. The number of nitrogens with zero attached hydrogens (tertiary/aromatic N) is 3. The summed E-state index contributed by atoms with van der Waals surface area (Å²) in [4.78, 5) is 26.0. The first-order valence-corrected chi connectivity index (χ1v) is 8.41. The molecule has 0 aliphatic carbocycles. The SMILES string of the molecule is CCOC(=O)CNc1cc(-n2ccnc2)c(CS(=O)[O-])cc1[N+](=O)[O-]. The van der Waals surface area contributed by atoms with E-state index in [1.54, 1.807) is 13.1 Å². The largest absolute Gasteiger partial charge is 0.772 e. The van der Waals surface area contributed by atoms with Crippen molar-refractivity contribution in [3.63, 3.8) is 0 Å². The van der Waals surface area contributed by atoms with Gasteiger partial charge in [0.25, 0.3) is 5.69 Å². The number of hydrogen-bond acceptors (Lipinski definition) is 8. The minimum absolute atomic E-state index is 0.0715. The lowest BCUT2D eigenvalue weighted by Gasteiger charge is -2.15. The van der Waals surface area contributed by atoms with Gasteiger partial charge in [0.2, 0.25) is 0 Å². The third-order valence-corrected chi connectivity index (χ3v) is 3.72. The summed E-state index contributed by atoms with van der Waals surface area (Å²) in [6, 6.07) is 2.57. The van der Waals surface area contributed by atoms with Gasteiger partial charge < -0.3 is 19.2 Å². The standard InChI is InChI=1S/C14H16N4O6S/c1-2-24-14(19)7-16-11-6-12(17-4-3-15-9-17)10(8-25(22)23)5-13(11)18(20)21/h3-6,9,16H,2,7-8H2,1H3,(H,22,23)/p-1. The van der Waals surface area contributed by atoms with Gasteiger partial charge in [-0.25, -0.2) is 4.98 Å². The summed E-state index contributed by atoms with van der Waals surface area (Å²) in [7, 11) is 0. The zero-order chi connectivity index (χ0) is 18.4. The zero-order valence-electron chi connectivity index (χ0n) is 13.2. The van der Waals surface area contributed by atoms with E-state index >= 15 is 0 Å². The number of rotatable bonds is 8. The highest BCUT2D eigenvalue weighted by Gasteiger charge is 2.20. The third-order valence-electron chi connectivity index (χ3n) is 3.18. The Morgan fingerprint density at radius 3 is 2.80 bits per heavy atom. The Labute approximate surface area is 145 Å². The van der Waals surface area contributed by atoms with Gasteiger partial charge in [0.1, 0.15) is 12.2 Å². The lowest BCUT2D eigenvalue weighted by molar-refractivity contribution is -0.384. The molecule has 2 rings (SSSR count). The van der Waals surface area contributed by atoms with E-state index in [2.05, 4.69) is 10.3 Å². The second-order valence-corrected chi connectivity index (χ2v) is 5.73. The molecule has 0 saturated heterocycles. The lowest BCUT2D eigenvalue weighted by Crippen LogP contribution is -2.17. The molecule has 25 heavy (non-hydrogen) atoms. The van der Waals surface area contributed by atoms with E-state index in [1.807, 2.05) is 0 Å². The third kappa shape index (κ3) is 4.84. The van der Waals surface area contributed by atoms with E-state index in [-0.39, 0.29) is 30.1 Å². The number of esters is 1. The van der Waals surface area contributed by atoms with Gasteiger partial charge in [-0.3, -0.25) is 19.1 Å². The first-order valence-electron chi connectivity index (χ1n) is 7.17. The number of imidazole rings is 1. The minimum Gasteiger partial charge on any atom is -0.772 e. The molecule has 1 N–H and O–H groups in total. The summed E-state index contributed by atoms with van der Waals surface area (Å²) < 4.78 is 28.4. The fourth-order valence-corrected chi connectivity index (χ4v) is 2.66. The fourth-order valence-electron chi connectivity index (χ4n) is 2.18. The van der Waals surface area contributed by atoms with Gasteiger partial charge in [-0.05, 0) is 18.6 Å². The first kappa shape index (κ1) is 18.5. The number of hydrogen-bond donors (Lipinski definition) is 1. The minimum atomic E-state index is -2.43. The summed E-state index contributed by atoms with van der Waals surface area (Å²) in [6.45, 7) is 1.58. The topological polar surface area (TPSA) is 139 Å². The average Bonchev–Trinajstić information content (AvgIpc) is 3.07. The summed E-state index contributed by atoms with van der Waals surface area (Å²) in [5.74, 6) is -0.960. The summed E-state index contributed by atoms with van der Waals surface area (Å²) in [5.41, 5.74) is 0.370.